The van der Waals surface area contributed by atoms with Crippen LogP contribution in [-0.4, -0.2) is 11.9 Å². The number of amides is 1. The number of rotatable bonds is 2. The molecule has 0 aromatic carbocycles. The Kier molecular flexibility index (Phi) is 2.95. The number of hydrogen-bond donors (Lipinski definition) is 1. The number of carbonyl (C=O) groups excluding carboxylic acids is 1. The van der Waals surface area contributed by atoms with E-state index in [2.05, 4.69) is 11.4 Å². The van der Waals surface area contributed by atoms with E-state index < -0.39 is 0 Å². The molecule has 16 heavy (non-hydrogen) atoms. The van der Waals surface area contributed by atoms with Gasteiger partial charge in [-0.1, -0.05) is 0 Å². The summed E-state index contributed by atoms with van der Waals surface area (Å²) in [4.78, 5) is 11.8. The molecule has 84 valence electrons. The van der Waals surface area contributed by atoms with Gasteiger partial charge in [-0.15, -0.1) is 0 Å². The molecule has 0 aliphatic heterocycles. The van der Waals surface area contributed by atoms with Gasteiger partial charge >= 0.3 is 0 Å². The quantitative estimate of drug-likeness (QED) is 0.825. The highest BCUT2D eigenvalue weighted by atomic mass is 16.3. The van der Waals surface area contributed by atoms with Crippen LogP contribution in [0.25, 0.3) is 0 Å². The average Bonchev–Trinajstić information content (AvgIpc) is 2.86. The summed E-state index contributed by atoms with van der Waals surface area (Å²) in [5.41, 5.74) is 0. The van der Waals surface area contributed by atoms with Crippen molar-refractivity contribution in [3.05, 3.63) is 23.7 Å². The molecule has 1 N–H and O–H groups in total. The first kappa shape index (κ1) is 10.7. The van der Waals surface area contributed by atoms with Crippen LogP contribution in [0.15, 0.2) is 16.5 Å². The van der Waals surface area contributed by atoms with E-state index in [1.807, 2.05) is 0 Å². The summed E-state index contributed by atoms with van der Waals surface area (Å²) in [6.45, 7) is 1.80. The fourth-order valence-corrected chi connectivity index (χ4v) is 2.08. The van der Waals surface area contributed by atoms with Crippen LogP contribution in [0.2, 0.25) is 0 Å². The minimum atomic E-state index is -0.222. The van der Waals surface area contributed by atoms with Gasteiger partial charge in [0.15, 0.2) is 5.76 Å². The van der Waals surface area contributed by atoms with Crippen molar-refractivity contribution in [1.29, 1.82) is 5.26 Å². The number of carbonyl (C=O) groups is 1. The number of hydrogen-bond acceptors (Lipinski definition) is 3. The van der Waals surface area contributed by atoms with Crippen LogP contribution in [0.4, 0.5) is 0 Å². The minimum Gasteiger partial charge on any atom is -0.456 e. The Morgan fingerprint density at radius 1 is 1.56 bits per heavy atom. The Morgan fingerprint density at radius 2 is 2.38 bits per heavy atom. The predicted octanol–water partition coefficient (Wildman–Crippen LogP) is 2.01. The van der Waals surface area contributed by atoms with E-state index in [4.69, 9.17) is 9.68 Å². The number of furan rings is 1. The van der Waals surface area contributed by atoms with Gasteiger partial charge in [0.25, 0.3) is 5.91 Å². The van der Waals surface area contributed by atoms with Gasteiger partial charge in [-0.05, 0) is 38.3 Å². The number of nitriles is 1. The molecule has 1 amide bonds. The summed E-state index contributed by atoms with van der Waals surface area (Å²) in [7, 11) is 0. The third-order valence-electron chi connectivity index (χ3n) is 2.96. The molecular weight excluding hydrogens is 204 g/mol. The highest BCUT2D eigenvalue weighted by Gasteiger charge is 2.29. The molecule has 1 aromatic rings. The Hall–Kier alpha value is -1.76. The van der Waals surface area contributed by atoms with Crippen molar-refractivity contribution in [2.75, 3.05) is 0 Å². The summed E-state index contributed by atoms with van der Waals surface area (Å²) < 4.78 is 5.23. The maximum Gasteiger partial charge on any atom is 0.287 e. The minimum absolute atomic E-state index is 0.0251. The van der Waals surface area contributed by atoms with Crippen LogP contribution in [0.5, 0.6) is 0 Å². The van der Waals surface area contributed by atoms with Crippen molar-refractivity contribution < 1.29 is 9.21 Å². The molecule has 0 bridgehead atoms. The molecular formula is C12H14N2O2. The smallest absolute Gasteiger partial charge is 0.287 e. The maximum atomic E-state index is 11.8. The lowest BCUT2D eigenvalue weighted by atomic mass is 10.1. The molecule has 4 nitrogen and oxygen atoms in total. The Labute approximate surface area is 94.2 Å². The van der Waals surface area contributed by atoms with Gasteiger partial charge in [0, 0.05) is 6.04 Å². The first-order valence-electron chi connectivity index (χ1n) is 5.47. The number of nitrogens with one attached hydrogen (secondary N) is 1. The summed E-state index contributed by atoms with van der Waals surface area (Å²) >= 11 is 0. The van der Waals surface area contributed by atoms with Crippen LogP contribution in [0.1, 0.15) is 35.6 Å². The van der Waals surface area contributed by atoms with Crippen LogP contribution in [-0.2, 0) is 0 Å². The topological polar surface area (TPSA) is 66.0 Å². The molecule has 0 radical (unpaired) electrons. The second-order valence-corrected chi connectivity index (χ2v) is 4.16. The summed E-state index contributed by atoms with van der Waals surface area (Å²) in [6.07, 6.45) is 2.75. The molecule has 4 heteroatoms. The highest BCUT2D eigenvalue weighted by molar-refractivity contribution is 5.91. The highest BCUT2D eigenvalue weighted by Crippen LogP contribution is 2.25. The van der Waals surface area contributed by atoms with Crippen molar-refractivity contribution in [2.24, 2.45) is 5.92 Å². The van der Waals surface area contributed by atoms with E-state index in [0.29, 0.717) is 11.5 Å². The zero-order valence-corrected chi connectivity index (χ0v) is 9.19. The van der Waals surface area contributed by atoms with Gasteiger partial charge in [-0.3, -0.25) is 4.79 Å². The molecule has 2 unspecified atom stereocenters. The lowest BCUT2D eigenvalue weighted by Crippen LogP contribution is -2.36. The largest absolute Gasteiger partial charge is 0.456 e. The van der Waals surface area contributed by atoms with Crippen molar-refractivity contribution in [3.8, 4) is 6.07 Å². The maximum absolute atomic E-state index is 11.8. The van der Waals surface area contributed by atoms with E-state index in [1.54, 1.807) is 19.1 Å². The summed E-state index contributed by atoms with van der Waals surface area (Å²) in [6, 6.07) is 5.61. The SMILES string of the molecule is Cc1ccc(C(=O)NC2CCCC2C#N)o1. The molecule has 1 heterocycles. The predicted molar refractivity (Wildman–Crippen MR) is 57.7 cm³/mol. The first-order valence-corrected chi connectivity index (χ1v) is 5.47. The van der Waals surface area contributed by atoms with Crippen LogP contribution >= 0.6 is 0 Å². The second-order valence-electron chi connectivity index (χ2n) is 4.16. The van der Waals surface area contributed by atoms with Crippen LogP contribution < -0.4 is 5.32 Å². The Balaban J connectivity index is 2.00. The fraction of sp³-hybridized carbons (Fsp3) is 0.500. The zero-order valence-electron chi connectivity index (χ0n) is 9.19. The van der Waals surface area contributed by atoms with Crippen molar-refractivity contribution in [2.45, 2.75) is 32.2 Å². The van der Waals surface area contributed by atoms with E-state index in [0.717, 1.165) is 19.3 Å². The normalized spacial score (nSPS) is 24.0. The zero-order chi connectivity index (χ0) is 11.5. The van der Waals surface area contributed by atoms with Crippen LogP contribution in [0.3, 0.4) is 0 Å². The van der Waals surface area contributed by atoms with E-state index in [1.165, 1.54) is 0 Å². The molecule has 1 fully saturated rings. The molecule has 2 rings (SSSR count). The molecule has 0 saturated heterocycles. The van der Waals surface area contributed by atoms with Gasteiger partial charge in [-0.2, -0.15) is 5.26 Å². The lowest BCUT2D eigenvalue weighted by Gasteiger charge is -2.14. The van der Waals surface area contributed by atoms with Crippen LogP contribution in [0, 0.1) is 24.2 Å². The Bertz CT molecular complexity index is 430. The third-order valence-corrected chi connectivity index (χ3v) is 2.96. The molecule has 1 aromatic heterocycles. The van der Waals surface area contributed by atoms with Gasteiger partial charge in [0.1, 0.15) is 5.76 Å². The Morgan fingerprint density at radius 3 is 3.00 bits per heavy atom. The average molecular weight is 218 g/mol. The molecule has 1 aliphatic rings. The van der Waals surface area contributed by atoms with E-state index in [-0.39, 0.29) is 17.9 Å². The number of aryl methyl sites for hydroxylation is 1. The van der Waals surface area contributed by atoms with E-state index >= 15 is 0 Å². The van der Waals surface area contributed by atoms with Crippen molar-refractivity contribution in [1.82, 2.24) is 5.32 Å². The molecule has 1 saturated carbocycles. The first-order chi connectivity index (χ1) is 7.70. The fourth-order valence-electron chi connectivity index (χ4n) is 2.08. The van der Waals surface area contributed by atoms with Crippen molar-refractivity contribution in [3.63, 3.8) is 0 Å². The van der Waals surface area contributed by atoms with E-state index in [9.17, 15) is 4.79 Å². The lowest BCUT2D eigenvalue weighted by molar-refractivity contribution is 0.0903. The second kappa shape index (κ2) is 4.40. The summed E-state index contributed by atoms with van der Waals surface area (Å²) in [5, 5.41) is 11.8. The van der Waals surface area contributed by atoms with Gasteiger partial charge in [0.05, 0.1) is 12.0 Å². The molecule has 0 spiro atoms. The van der Waals surface area contributed by atoms with Gasteiger partial charge in [0.2, 0.25) is 0 Å². The standard InChI is InChI=1S/C12H14N2O2/c1-8-5-6-11(16-8)12(15)14-10-4-2-3-9(10)7-13/h5-6,9-10H,2-4H2,1H3,(H,14,15). The third kappa shape index (κ3) is 2.08. The van der Waals surface area contributed by atoms with Crippen molar-refractivity contribution >= 4 is 5.91 Å². The molecule has 1 aliphatic carbocycles. The monoisotopic (exact) mass is 218 g/mol. The summed E-state index contributed by atoms with van der Waals surface area (Å²) in [5.74, 6) is 0.759. The van der Waals surface area contributed by atoms with Gasteiger partial charge in [-0.25, -0.2) is 0 Å². The van der Waals surface area contributed by atoms with Gasteiger partial charge < -0.3 is 9.73 Å². The molecule has 2 atom stereocenters. The number of nitrogens with zero attached hydrogens (tertiary/aromatic N) is 1.